The highest BCUT2D eigenvalue weighted by molar-refractivity contribution is 5.24. The predicted molar refractivity (Wildman–Crippen MR) is 69.3 cm³/mol. The van der Waals surface area contributed by atoms with Gasteiger partial charge in [-0.1, -0.05) is 12.8 Å². The summed E-state index contributed by atoms with van der Waals surface area (Å²) in [4.78, 5) is 0. The summed E-state index contributed by atoms with van der Waals surface area (Å²) < 4.78 is 44.8. The summed E-state index contributed by atoms with van der Waals surface area (Å²) in [6, 6.07) is 1.47. The van der Waals surface area contributed by atoms with Gasteiger partial charge >= 0.3 is 6.18 Å². The van der Waals surface area contributed by atoms with Crippen LogP contribution in [0.1, 0.15) is 55.9 Å². The van der Waals surface area contributed by atoms with Crippen LogP contribution in [0.4, 0.5) is 13.2 Å². The second kappa shape index (κ2) is 5.43. The van der Waals surface area contributed by atoms with Crippen LogP contribution in [0.5, 0.6) is 0 Å². The second-order valence-corrected chi connectivity index (χ2v) is 5.95. The van der Waals surface area contributed by atoms with Gasteiger partial charge in [-0.05, 0) is 31.7 Å². The first-order valence-electron chi connectivity index (χ1n) is 7.45. The van der Waals surface area contributed by atoms with Gasteiger partial charge in [-0.15, -0.1) is 0 Å². The lowest BCUT2D eigenvalue weighted by atomic mass is 9.82. The number of rotatable bonds is 2. The van der Waals surface area contributed by atoms with E-state index in [0.29, 0.717) is 12.8 Å². The van der Waals surface area contributed by atoms with Crippen LogP contribution >= 0.6 is 0 Å². The lowest BCUT2D eigenvalue weighted by Crippen LogP contribution is -2.47. The molecule has 1 heterocycles. The molecule has 1 saturated carbocycles. The molecule has 0 saturated heterocycles. The Morgan fingerprint density at radius 1 is 1.10 bits per heavy atom. The van der Waals surface area contributed by atoms with Gasteiger partial charge in [-0.2, -0.15) is 13.2 Å². The van der Waals surface area contributed by atoms with Gasteiger partial charge in [-0.25, -0.2) is 0 Å². The van der Waals surface area contributed by atoms with Crippen LogP contribution in [0.25, 0.3) is 0 Å². The van der Waals surface area contributed by atoms with E-state index in [-0.39, 0.29) is 12.5 Å². The summed E-state index contributed by atoms with van der Waals surface area (Å²) in [6.07, 6.45) is 2.76. The van der Waals surface area contributed by atoms with Crippen molar-refractivity contribution in [2.24, 2.45) is 5.92 Å². The zero-order chi connectivity index (χ0) is 14.2. The Morgan fingerprint density at radius 2 is 1.90 bits per heavy atom. The SMILES string of the molecule is FC(F)(F)C1CCCCC1NC1CCCc2occc21. The van der Waals surface area contributed by atoms with E-state index in [4.69, 9.17) is 4.42 Å². The van der Waals surface area contributed by atoms with Crippen LogP contribution in [0.15, 0.2) is 16.7 Å². The molecule has 112 valence electrons. The first kappa shape index (κ1) is 14.0. The minimum absolute atomic E-state index is 0.0189. The van der Waals surface area contributed by atoms with E-state index in [1.807, 2.05) is 6.07 Å². The molecule has 0 aromatic carbocycles. The van der Waals surface area contributed by atoms with Gasteiger partial charge in [0.15, 0.2) is 0 Å². The van der Waals surface area contributed by atoms with Gasteiger partial charge in [0.2, 0.25) is 0 Å². The van der Waals surface area contributed by atoms with Crippen molar-refractivity contribution >= 4 is 0 Å². The quantitative estimate of drug-likeness (QED) is 0.874. The van der Waals surface area contributed by atoms with Gasteiger partial charge in [0.05, 0.1) is 12.2 Å². The number of hydrogen-bond acceptors (Lipinski definition) is 2. The number of aryl methyl sites for hydroxylation is 1. The van der Waals surface area contributed by atoms with Crippen LogP contribution in [-0.4, -0.2) is 12.2 Å². The summed E-state index contributed by atoms with van der Waals surface area (Å²) in [6.45, 7) is 0. The molecule has 1 N–H and O–H groups in total. The van der Waals surface area contributed by atoms with E-state index < -0.39 is 18.1 Å². The molecule has 3 atom stereocenters. The van der Waals surface area contributed by atoms with Crippen molar-refractivity contribution in [1.82, 2.24) is 5.32 Å². The predicted octanol–water partition coefficient (Wildman–Crippen LogP) is 4.37. The van der Waals surface area contributed by atoms with E-state index in [1.54, 1.807) is 6.26 Å². The van der Waals surface area contributed by atoms with Crippen molar-refractivity contribution in [2.45, 2.75) is 63.2 Å². The maximum atomic E-state index is 13.1. The van der Waals surface area contributed by atoms with E-state index in [0.717, 1.165) is 37.0 Å². The fourth-order valence-electron chi connectivity index (χ4n) is 3.64. The number of nitrogens with one attached hydrogen (secondary N) is 1. The zero-order valence-electron chi connectivity index (χ0n) is 11.4. The van der Waals surface area contributed by atoms with Crippen molar-refractivity contribution in [3.63, 3.8) is 0 Å². The molecule has 0 amide bonds. The van der Waals surface area contributed by atoms with Crippen LogP contribution in [0, 0.1) is 5.92 Å². The maximum Gasteiger partial charge on any atom is 0.393 e. The highest BCUT2D eigenvalue weighted by Crippen LogP contribution is 2.40. The van der Waals surface area contributed by atoms with E-state index >= 15 is 0 Å². The molecule has 0 radical (unpaired) electrons. The molecule has 0 bridgehead atoms. The topological polar surface area (TPSA) is 25.2 Å². The summed E-state index contributed by atoms with van der Waals surface area (Å²) >= 11 is 0. The van der Waals surface area contributed by atoms with Crippen LogP contribution in [0.2, 0.25) is 0 Å². The Kier molecular flexibility index (Phi) is 3.80. The number of halogens is 3. The van der Waals surface area contributed by atoms with Gasteiger partial charge in [0.1, 0.15) is 5.76 Å². The Morgan fingerprint density at radius 3 is 2.70 bits per heavy atom. The van der Waals surface area contributed by atoms with E-state index in [2.05, 4.69) is 5.32 Å². The normalized spacial score (nSPS) is 31.1. The monoisotopic (exact) mass is 287 g/mol. The standard InChI is InChI=1S/C15H20F3NO/c16-15(17,18)11-4-1-2-5-13(11)19-12-6-3-7-14-10(12)8-9-20-14/h8-9,11-13,19H,1-7H2. The molecule has 1 aromatic heterocycles. The molecule has 2 aliphatic rings. The molecular formula is C15H20F3NO. The largest absolute Gasteiger partial charge is 0.469 e. The first-order chi connectivity index (χ1) is 9.55. The highest BCUT2D eigenvalue weighted by atomic mass is 19.4. The summed E-state index contributed by atoms with van der Waals surface area (Å²) in [7, 11) is 0. The van der Waals surface area contributed by atoms with Gasteiger partial charge in [0.25, 0.3) is 0 Å². The lowest BCUT2D eigenvalue weighted by molar-refractivity contribution is -0.189. The number of alkyl halides is 3. The lowest BCUT2D eigenvalue weighted by Gasteiger charge is -2.37. The van der Waals surface area contributed by atoms with Crippen molar-refractivity contribution in [2.75, 3.05) is 0 Å². The van der Waals surface area contributed by atoms with Crippen molar-refractivity contribution in [3.8, 4) is 0 Å². The average molecular weight is 287 g/mol. The third-order valence-electron chi connectivity index (χ3n) is 4.65. The zero-order valence-corrected chi connectivity index (χ0v) is 11.4. The van der Waals surface area contributed by atoms with Crippen molar-refractivity contribution in [1.29, 1.82) is 0 Å². The van der Waals surface area contributed by atoms with Crippen LogP contribution in [-0.2, 0) is 6.42 Å². The molecule has 20 heavy (non-hydrogen) atoms. The number of fused-ring (bicyclic) bond motifs is 1. The van der Waals surface area contributed by atoms with E-state index in [1.165, 1.54) is 0 Å². The third kappa shape index (κ3) is 2.73. The fraction of sp³-hybridized carbons (Fsp3) is 0.733. The third-order valence-corrected chi connectivity index (χ3v) is 4.65. The maximum absolute atomic E-state index is 13.1. The van der Waals surface area contributed by atoms with Gasteiger partial charge in [-0.3, -0.25) is 0 Å². The molecule has 0 aliphatic heterocycles. The molecule has 2 nitrogen and oxygen atoms in total. The van der Waals surface area contributed by atoms with Gasteiger partial charge in [0, 0.05) is 24.1 Å². The second-order valence-electron chi connectivity index (χ2n) is 5.95. The van der Waals surface area contributed by atoms with Crippen LogP contribution in [0.3, 0.4) is 0 Å². The Hall–Kier alpha value is -0.970. The summed E-state index contributed by atoms with van der Waals surface area (Å²) in [5.74, 6) is -0.262. The minimum atomic E-state index is -4.09. The fourth-order valence-corrected chi connectivity index (χ4v) is 3.64. The minimum Gasteiger partial charge on any atom is -0.469 e. The molecule has 2 aliphatic carbocycles. The van der Waals surface area contributed by atoms with E-state index in [9.17, 15) is 13.2 Å². The molecule has 3 rings (SSSR count). The van der Waals surface area contributed by atoms with Crippen molar-refractivity contribution < 1.29 is 17.6 Å². The summed E-state index contributed by atoms with van der Waals surface area (Å²) in [5, 5.41) is 3.28. The van der Waals surface area contributed by atoms with Crippen molar-refractivity contribution in [3.05, 3.63) is 23.7 Å². The number of hydrogen-bond donors (Lipinski definition) is 1. The van der Waals surface area contributed by atoms with Gasteiger partial charge < -0.3 is 9.73 Å². The first-order valence-corrected chi connectivity index (χ1v) is 7.45. The molecular weight excluding hydrogens is 267 g/mol. The average Bonchev–Trinajstić information content (AvgIpc) is 2.87. The Balaban J connectivity index is 1.74. The highest BCUT2D eigenvalue weighted by Gasteiger charge is 2.46. The molecule has 0 spiro atoms. The van der Waals surface area contributed by atoms with Crippen LogP contribution < -0.4 is 5.32 Å². The molecule has 1 fully saturated rings. The summed E-state index contributed by atoms with van der Waals surface area (Å²) in [5.41, 5.74) is 1.06. The number of furan rings is 1. The Bertz CT molecular complexity index is 454. The Labute approximate surface area is 116 Å². The smallest absolute Gasteiger partial charge is 0.393 e. The molecule has 3 unspecified atom stereocenters. The molecule has 1 aromatic rings. The molecule has 5 heteroatoms.